The van der Waals surface area contributed by atoms with E-state index in [1.807, 2.05) is 73.7 Å². The summed E-state index contributed by atoms with van der Waals surface area (Å²) in [6, 6.07) is 26.3. The largest absolute Gasteiger partial charge is 0.494 e. The number of benzene rings is 3. The van der Waals surface area contributed by atoms with Crippen molar-refractivity contribution in [3.8, 4) is 17.1 Å². The molecule has 0 spiro atoms. The van der Waals surface area contributed by atoms with E-state index in [1.165, 1.54) is 5.56 Å². The van der Waals surface area contributed by atoms with E-state index < -0.39 is 0 Å². The Hall–Kier alpha value is -3.33. The van der Waals surface area contributed by atoms with Gasteiger partial charge >= 0.3 is 0 Å². The van der Waals surface area contributed by atoms with Crippen LogP contribution in [0.15, 0.2) is 88.3 Å². The van der Waals surface area contributed by atoms with Gasteiger partial charge in [-0.05, 0) is 55.3 Å². The van der Waals surface area contributed by atoms with Crippen molar-refractivity contribution in [2.75, 3.05) is 6.61 Å². The first kappa shape index (κ1) is 18.1. The van der Waals surface area contributed by atoms with Gasteiger partial charge in [0.05, 0.1) is 17.7 Å². The maximum Gasteiger partial charge on any atom is 0.136 e. The SMILES string of the molecule is CCOc1ccc(N=c2cc(-c3ccccc3)oc3ccc(CC)cc23)cc1. The molecule has 1 heterocycles. The number of aryl methyl sites for hydroxylation is 1. The van der Waals surface area contributed by atoms with Crippen LogP contribution >= 0.6 is 0 Å². The quantitative estimate of drug-likeness (QED) is 0.414. The fourth-order valence-corrected chi connectivity index (χ4v) is 3.20. The first-order chi connectivity index (χ1) is 13.8. The standard InChI is InChI=1S/C25H23NO2/c1-3-18-10-15-24-22(16-18)23(17-25(28-24)19-8-6-5-7-9-19)26-20-11-13-21(14-12-20)27-4-2/h5-17H,3-4H2,1-2H3. The third kappa shape index (κ3) is 3.84. The molecule has 0 N–H and O–H groups in total. The summed E-state index contributed by atoms with van der Waals surface area (Å²) in [7, 11) is 0. The Kier molecular flexibility index (Phi) is 5.24. The summed E-state index contributed by atoms with van der Waals surface area (Å²) in [5.41, 5.74) is 4.02. The van der Waals surface area contributed by atoms with Crippen LogP contribution in [-0.2, 0) is 6.42 Å². The summed E-state index contributed by atoms with van der Waals surface area (Å²) in [5, 5.41) is 1.92. The molecule has 0 fully saturated rings. The van der Waals surface area contributed by atoms with E-state index in [9.17, 15) is 0 Å². The van der Waals surface area contributed by atoms with Gasteiger partial charge in [0.15, 0.2) is 0 Å². The Labute approximate surface area is 165 Å². The number of rotatable bonds is 5. The minimum absolute atomic E-state index is 0.654. The van der Waals surface area contributed by atoms with E-state index in [0.717, 1.165) is 45.5 Å². The molecular formula is C25H23NO2. The minimum Gasteiger partial charge on any atom is -0.494 e. The van der Waals surface area contributed by atoms with Crippen molar-refractivity contribution in [2.24, 2.45) is 4.99 Å². The van der Waals surface area contributed by atoms with E-state index in [-0.39, 0.29) is 0 Å². The first-order valence-corrected chi connectivity index (χ1v) is 9.66. The predicted molar refractivity (Wildman–Crippen MR) is 114 cm³/mol. The number of ether oxygens (including phenoxy) is 1. The molecule has 140 valence electrons. The molecule has 0 atom stereocenters. The van der Waals surface area contributed by atoms with Crippen molar-refractivity contribution in [1.82, 2.24) is 0 Å². The molecule has 3 nitrogen and oxygen atoms in total. The maximum atomic E-state index is 6.20. The Morgan fingerprint density at radius 3 is 2.36 bits per heavy atom. The molecular weight excluding hydrogens is 346 g/mol. The second-order valence-electron chi connectivity index (χ2n) is 6.58. The van der Waals surface area contributed by atoms with Crippen LogP contribution in [0.1, 0.15) is 19.4 Å². The second kappa shape index (κ2) is 8.13. The highest BCUT2D eigenvalue weighted by molar-refractivity contribution is 5.79. The molecule has 0 aliphatic heterocycles. The van der Waals surface area contributed by atoms with Gasteiger partial charge in [0.2, 0.25) is 0 Å². The molecule has 3 aromatic carbocycles. The Morgan fingerprint density at radius 1 is 0.857 bits per heavy atom. The smallest absolute Gasteiger partial charge is 0.136 e. The monoisotopic (exact) mass is 369 g/mol. The zero-order valence-corrected chi connectivity index (χ0v) is 16.2. The fraction of sp³-hybridized carbons (Fsp3) is 0.160. The van der Waals surface area contributed by atoms with E-state index in [4.69, 9.17) is 14.1 Å². The summed E-state index contributed by atoms with van der Waals surface area (Å²) in [6.07, 6.45) is 0.971. The zero-order valence-electron chi connectivity index (χ0n) is 16.2. The Bertz CT molecular complexity index is 1140. The van der Waals surface area contributed by atoms with Crippen LogP contribution in [0.25, 0.3) is 22.3 Å². The molecule has 1 aromatic heterocycles. The highest BCUT2D eigenvalue weighted by Gasteiger charge is 2.07. The molecule has 3 heteroatoms. The predicted octanol–water partition coefficient (Wildman–Crippen LogP) is 6.29. The van der Waals surface area contributed by atoms with Crippen molar-refractivity contribution in [3.05, 3.63) is 89.8 Å². The lowest BCUT2D eigenvalue weighted by Crippen LogP contribution is -2.04. The molecule has 0 amide bonds. The molecule has 0 aliphatic rings. The summed E-state index contributed by atoms with van der Waals surface area (Å²) in [6.45, 7) is 4.79. The van der Waals surface area contributed by atoms with Crippen LogP contribution in [0.3, 0.4) is 0 Å². The van der Waals surface area contributed by atoms with E-state index in [2.05, 4.69) is 19.1 Å². The molecule has 28 heavy (non-hydrogen) atoms. The van der Waals surface area contributed by atoms with Gasteiger partial charge in [-0.2, -0.15) is 0 Å². The molecule has 0 bridgehead atoms. The third-order valence-electron chi connectivity index (χ3n) is 4.67. The van der Waals surface area contributed by atoms with Gasteiger partial charge < -0.3 is 9.15 Å². The highest BCUT2D eigenvalue weighted by atomic mass is 16.5. The third-order valence-corrected chi connectivity index (χ3v) is 4.67. The Balaban J connectivity index is 1.90. The van der Waals surface area contributed by atoms with Gasteiger partial charge in [0.1, 0.15) is 17.1 Å². The summed E-state index contributed by atoms with van der Waals surface area (Å²) in [5.74, 6) is 1.66. The second-order valence-corrected chi connectivity index (χ2v) is 6.58. The van der Waals surface area contributed by atoms with Gasteiger partial charge in [-0.3, -0.25) is 0 Å². The van der Waals surface area contributed by atoms with Crippen molar-refractivity contribution < 1.29 is 9.15 Å². The molecule has 0 radical (unpaired) electrons. The van der Waals surface area contributed by atoms with E-state index in [1.54, 1.807) is 0 Å². The molecule has 0 saturated heterocycles. The summed E-state index contributed by atoms with van der Waals surface area (Å²) in [4.78, 5) is 4.92. The normalized spacial score (nSPS) is 11.7. The topological polar surface area (TPSA) is 34.7 Å². The minimum atomic E-state index is 0.654. The zero-order chi connectivity index (χ0) is 19.3. The lowest BCUT2D eigenvalue weighted by molar-refractivity contribution is 0.340. The average molecular weight is 369 g/mol. The summed E-state index contributed by atoms with van der Waals surface area (Å²) >= 11 is 0. The van der Waals surface area contributed by atoms with Gasteiger partial charge in [-0.1, -0.05) is 43.3 Å². The van der Waals surface area contributed by atoms with Crippen LogP contribution in [-0.4, -0.2) is 6.61 Å². The van der Waals surface area contributed by atoms with Gasteiger partial charge in [0.25, 0.3) is 0 Å². The van der Waals surface area contributed by atoms with Crippen LogP contribution < -0.4 is 10.1 Å². The lowest BCUT2D eigenvalue weighted by Gasteiger charge is -2.07. The van der Waals surface area contributed by atoms with Crippen LogP contribution in [0, 0.1) is 0 Å². The van der Waals surface area contributed by atoms with E-state index >= 15 is 0 Å². The average Bonchev–Trinajstić information content (AvgIpc) is 2.75. The molecule has 0 unspecified atom stereocenters. The van der Waals surface area contributed by atoms with Crippen molar-refractivity contribution in [3.63, 3.8) is 0 Å². The van der Waals surface area contributed by atoms with Crippen LogP contribution in [0.2, 0.25) is 0 Å². The number of hydrogen-bond donors (Lipinski definition) is 0. The van der Waals surface area contributed by atoms with Gasteiger partial charge in [0, 0.05) is 17.0 Å². The fourth-order valence-electron chi connectivity index (χ4n) is 3.20. The number of nitrogens with zero attached hydrogens (tertiary/aromatic N) is 1. The molecule has 0 saturated carbocycles. The maximum absolute atomic E-state index is 6.20. The lowest BCUT2D eigenvalue weighted by atomic mass is 10.1. The molecule has 0 aliphatic carbocycles. The van der Waals surface area contributed by atoms with Crippen LogP contribution in [0.4, 0.5) is 5.69 Å². The summed E-state index contributed by atoms with van der Waals surface area (Å²) < 4.78 is 11.7. The number of fused-ring (bicyclic) bond motifs is 1. The molecule has 4 aromatic rings. The van der Waals surface area contributed by atoms with Crippen LogP contribution in [0.5, 0.6) is 5.75 Å². The van der Waals surface area contributed by atoms with Crippen molar-refractivity contribution in [2.45, 2.75) is 20.3 Å². The van der Waals surface area contributed by atoms with Crippen molar-refractivity contribution >= 4 is 16.7 Å². The number of hydrogen-bond acceptors (Lipinski definition) is 3. The van der Waals surface area contributed by atoms with Gasteiger partial charge in [-0.15, -0.1) is 0 Å². The van der Waals surface area contributed by atoms with Crippen molar-refractivity contribution in [1.29, 1.82) is 0 Å². The Morgan fingerprint density at radius 2 is 1.64 bits per heavy atom. The van der Waals surface area contributed by atoms with E-state index in [0.29, 0.717) is 6.61 Å². The molecule has 4 rings (SSSR count). The highest BCUT2D eigenvalue weighted by Crippen LogP contribution is 2.24. The first-order valence-electron chi connectivity index (χ1n) is 9.66. The van der Waals surface area contributed by atoms with Gasteiger partial charge in [-0.25, -0.2) is 4.99 Å².